The van der Waals surface area contributed by atoms with E-state index < -0.39 is 6.09 Å². The summed E-state index contributed by atoms with van der Waals surface area (Å²) in [5.41, 5.74) is 1.08. The van der Waals surface area contributed by atoms with E-state index in [2.05, 4.69) is 0 Å². The van der Waals surface area contributed by atoms with E-state index in [-0.39, 0.29) is 31.1 Å². The fraction of sp³-hybridized carbons (Fsp3) is 0.619. The molecular formula is C21H29NO4. The van der Waals surface area contributed by atoms with Gasteiger partial charge in [0.2, 0.25) is 5.91 Å². The molecule has 1 aliphatic carbocycles. The molecule has 2 fully saturated rings. The van der Waals surface area contributed by atoms with Gasteiger partial charge in [-0.15, -0.1) is 0 Å². The van der Waals surface area contributed by atoms with Crippen molar-refractivity contribution >= 4 is 12.0 Å². The average Bonchev–Trinajstić information content (AvgIpc) is 3.02. The predicted molar refractivity (Wildman–Crippen MR) is 98.5 cm³/mol. The fourth-order valence-corrected chi connectivity index (χ4v) is 4.29. The van der Waals surface area contributed by atoms with Crippen LogP contribution in [-0.2, 0) is 16.0 Å². The van der Waals surface area contributed by atoms with Crippen LogP contribution < -0.4 is 0 Å². The molecule has 1 heterocycles. The molecule has 0 bridgehead atoms. The highest BCUT2D eigenvalue weighted by molar-refractivity contribution is 5.94. The lowest BCUT2D eigenvalue weighted by Gasteiger charge is -2.29. The highest BCUT2D eigenvalue weighted by Gasteiger charge is 2.41. The Balaban J connectivity index is 1.69. The second-order valence-electron chi connectivity index (χ2n) is 7.58. The molecule has 1 N–H and O–H groups in total. The number of imide groups is 1. The number of nitrogens with zero attached hydrogens (tertiary/aromatic N) is 1. The molecular weight excluding hydrogens is 330 g/mol. The molecule has 1 aliphatic heterocycles. The Labute approximate surface area is 155 Å². The Morgan fingerprint density at radius 2 is 1.92 bits per heavy atom. The molecule has 2 unspecified atom stereocenters. The van der Waals surface area contributed by atoms with Crippen LogP contribution in [0.2, 0.25) is 0 Å². The van der Waals surface area contributed by atoms with E-state index in [1.54, 1.807) is 0 Å². The summed E-state index contributed by atoms with van der Waals surface area (Å²) in [6.07, 6.45) is 7.24. The van der Waals surface area contributed by atoms with Gasteiger partial charge in [0.25, 0.3) is 0 Å². The normalized spacial score (nSPS) is 22.3. The summed E-state index contributed by atoms with van der Waals surface area (Å²) in [5, 5.41) is 9.44. The van der Waals surface area contributed by atoms with Crippen LogP contribution in [0.3, 0.4) is 0 Å². The number of cyclic esters (lactones) is 1. The van der Waals surface area contributed by atoms with Crippen LogP contribution in [0.1, 0.15) is 50.5 Å². The molecule has 142 valence electrons. The maximum Gasteiger partial charge on any atom is 0.416 e. The van der Waals surface area contributed by atoms with Gasteiger partial charge in [0.1, 0.15) is 6.61 Å². The number of aliphatic hydroxyl groups is 1. The number of hydrogen-bond acceptors (Lipinski definition) is 4. The van der Waals surface area contributed by atoms with Gasteiger partial charge in [-0.3, -0.25) is 4.79 Å². The number of carbonyl (C=O) groups is 2. The van der Waals surface area contributed by atoms with Crippen LogP contribution in [0.5, 0.6) is 0 Å². The smallest absolute Gasteiger partial charge is 0.416 e. The van der Waals surface area contributed by atoms with Crippen LogP contribution in [-0.4, -0.2) is 41.3 Å². The topological polar surface area (TPSA) is 66.8 Å². The number of rotatable bonds is 7. The van der Waals surface area contributed by atoms with Crippen LogP contribution >= 0.6 is 0 Å². The Kier molecular flexibility index (Phi) is 6.67. The highest BCUT2D eigenvalue weighted by atomic mass is 16.6. The molecule has 2 atom stereocenters. The van der Waals surface area contributed by atoms with Gasteiger partial charge in [-0.1, -0.05) is 62.4 Å². The van der Waals surface area contributed by atoms with Crippen LogP contribution in [0.25, 0.3) is 0 Å². The molecule has 1 aromatic rings. The van der Waals surface area contributed by atoms with E-state index in [0.717, 1.165) is 24.8 Å². The van der Waals surface area contributed by atoms with Crippen molar-refractivity contribution in [2.75, 3.05) is 13.2 Å². The van der Waals surface area contributed by atoms with Gasteiger partial charge in [0.15, 0.2) is 0 Å². The van der Waals surface area contributed by atoms with E-state index in [4.69, 9.17) is 4.74 Å². The molecule has 26 heavy (non-hydrogen) atoms. The van der Waals surface area contributed by atoms with Gasteiger partial charge in [-0.25, -0.2) is 9.69 Å². The minimum atomic E-state index is -0.539. The zero-order valence-corrected chi connectivity index (χ0v) is 15.3. The van der Waals surface area contributed by atoms with Crippen LogP contribution in [0.4, 0.5) is 4.79 Å². The summed E-state index contributed by atoms with van der Waals surface area (Å²) in [5.74, 6) is 0.0514. The van der Waals surface area contributed by atoms with Gasteiger partial charge in [0.05, 0.1) is 6.04 Å². The summed E-state index contributed by atoms with van der Waals surface area (Å²) >= 11 is 0. The van der Waals surface area contributed by atoms with E-state index in [0.29, 0.717) is 18.8 Å². The summed E-state index contributed by atoms with van der Waals surface area (Å²) < 4.78 is 5.19. The molecule has 1 saturated carbocycles. The first-order valence-corrected chi connectivity index (χ1v) is 9.83. The van der Waals surface area contributed by atoms with Crippen molar-refractivity contribution < 1.29 is 19.4 Å². The first kappa shape index (κ1) is 18.9. The van der Waals surface area contributed by atoms with Gasteiger partial charge in [-0.2, -0.15) is 0 Å². The molecule has 2 amide bonds. The second kappa shape index (κ2) is 9.17. The third-order valence-corrected chi connectivity index (χ3v) is 5.68. The number of amides is 2. The number of carbonyl (C=O) groups excluding carboxylic acids is 2. The predicted octanol–water partition coefficient (Wildman–Crippen LogP) is 3.55. The minimum absolute atomic E-state index is 0.0324. The van der Waals surface area contributed by atoms with E-state index in [1.807, 2.05) is 30.3 Å². The quantitative estimate of drug-likeness (QED) is 0.808. The van der Waals surface area contributed by atoms with E-state index in [9.17, 15) is 14.7 Å². The highest BCUT2D eigenvalue weighted by Crippen LogP contribution is 2.32. The van der Waals surface area contributed by atoms with Crippen molar-refractivity contribution in [3.05, 3.63) is 35.9 Å². The molecule has 1 aromatic carbocycles. The molecule has 5 nitrogen and oxygen atoms in total. The maximum absolute atomic E-state index is 13.1. The zero-order valence-electron chi connectivity index (χ0n) is 15.3. The fourth-order valence-electron chi connectivity index (χ4n) is 4.29. The number of benzene rings is 1. The number of aliphatic hydroxyl groups excluding tert-OH is 1. The van der Waals surface area contributed by atoms with Gasteiger partial charge in [-0.05, 0) is 30.7 Å². The number of hydrogen-bond donors (Lipinski definition) is 1. The lowest BCUT2D eigenvalue weighted by molar-refractivity contribution is -0.134. The molecule has 2 aliphatic rings. The Morgan fingerprint density at radius 3 is 2.62 bits per heavy atom. The molecule has 3 rings (SSSR count). The molecule has 0 radical (unpaired) electrons. The van der Waals surface area contributed by atoms with Crippen molar-refractivity contribution in [2.45, 2.75) is 57.4 Å². The standard InChI is InChI=1S/C21H29NO4/c23-12-11-18(13-16-7-3-1-4-8-16)20(24)22-19(15-26-21(22)25)14-17-9-5-2-6-10-17/h2,5-6,9-10,16,18-19,23H,1,3-4,7-8,11-15H2. The zero-order chi connectivity index (χ0) is 18.4. The third-order valence-electron chi connectivity index (χ3n) is 5.68. The summed E-state index contributed by atoms with van der Waals surface area (Å²) in [6.45, 7) is 0.212. The van der Waals surface area contributed by atoms with Crippen molar-refractivity contribution in [1.82, 2.24) is 4.90 Å². The van der Waals surface area contributed by atoms with Crippen molar-refractivity contribution in [2.24, 2.45) is 11.8 Å². The summed E-state index contributed by atoms with van der Waals surface area (Å²) in [6, 6.07) is 9.60. The largest absolute Gasteiger partial charge is 0.447 e. The van der Waals surface area contributed by atoms with E-state index >= 15 is 0 Å². The van der Waals surface area contributed by atoms with Crippen molar-refractivity contribution in [3.63, 3.8) is 0 Å². The van der Waals surface area contributed by atoms with Crippen molar-refractivity contribution in [1.29, 1.82) is 0 Å². The monoisotopic (exact) mass is 359 g/mol. The Bertz CT molecular complexity index is 597. The molecule has 0 aromatic heterocycles. The van der Waals surface area contributed by atoms with Gasteiger partial charge < -0.3 is 9.84 Å². The van der Waals surface area contributed by atoms with Crippen LogP contribution in [0, 0.1) is 11.8 Å². The van der Waals surface area contributed by atoms with E-state index in [1.165, 1.54) is 24.2 Å². The molecule has 1 saturated heterocycles. The summed E-state index contributed by atoms with van der Waals surface area (Å²) in [7, 11) is 0. The SMILES string of the molecule is O=C1OCC(Cc2ccccc2)N1C(=O)C(CCO)CC1CCCCC1. The first-order valence-electron chi connectivity index (χ1n) is 9.83. The van der Waals surface area contributed by atoms with Crippen molar-refractivity contribution in [3.8, 4) is 0 Å². The van der Waals surface area contributed by atoms with Crippen LogP contribution in [0.15, 0.2) is 30.3 Å². The Morgan fingerprint density at radius 1 is 1.19 bits per heavy atom. The lowest BCUT2D eigenvalue weighted by atomic mass is 9.81. The molecule has 5 heteroatoms. The maximum atomic E-state index is 13.1. The first-order chi connectivity index (χ1) is 12.7. The minimum Gasteiger partial charge on any atom is -0.447 e. The lowest BCUT2D eigenvalue weighted by Crippen LogP contribution is -2.44. The van der Waals surface area contributed by atoms with Gasteiger partial charge in [0, 0.05) is 12.5 Å². The second-order valence-corrected chi connectivity index (χ2v) is 7.58. The molecule has 0 spiro atoms. The van der Waals surface area contributed by atoms with Gasteiger partial charge >= 0.3 is 6.09 Å². The summed E-state index contributed by atoms with van der Waals surface area (Å²) in [4.78, 5) is 26.7. The number of ether oxygens (including phenoxy) is 1. The third kappa shape index (κ3) is 4.64. The Hall–Kier alpha value is -1.88. The average molecular weight is 359 g/mol.